The molecule has 0 aromatic heterocycles. The standard InChI is InChI=1S/C20H21NO4S/c1-13(2)26(25)17-9-7-14(8-10-17)19(22)21-12-16-6-4-3-5-15(16)11-18(21)20(23)24/h3-10,13,18H,11-12H2,1-2H3,(H,23,24)/t18-,26+/m0/s1. The molecule has 0 bridgehead atoms. The molecule has 0 unspecified atom stereocenters. The van der Waals surface area contributed by atoms with Crippen molar-refractivity contribution >= 4 is 22.7 Å². The van der Waals surface area contributed by atoms with E-state index in [2.05, 4.69) is 0 Å². The van der Waals surface area contributed by atoms with Gasteiger partial charge in [-0.25, -0.2) is 4.79 Å². The summed E-state index contributed by atoms with van der Waals surface area (Å²) in [5, 5.41) is 9.57. The fourth-order valence-electron chi connectivity index (χ4n) is 3.13. The molecule has 0 radical (unpaired) electrons. The Labute approximate surface area is 155 Å². The van der Waals surface area contributed by atoms with Gasteiger partial charge in [-0.3, -0.25) is 9.00 Å². The van der Waals surface area contributed by atoms with Crippen LogP contribution in [0.3, 0.4) is 0 Å². The summed E-state index contributed by atoms with van der Waals surface area (Å²) in [6, 6.07) is 13.3. The van der Waals surface area contributed by atoms with E-state index < -0.39 is 22.8 Å². The first-order chi connectivity index (χ1) is 12.4. The monoisotopic (exact) mass is 371 g/mol. The molecular weight excluding hydrogens is 350 g/mol. The molecule has 0 aliphatic carbocycles. The first-order valence-corrected chi connectivity index (χ1v) is 9.71. The number of fused-ring (bicyclic) bond motifs is 1. The Morgan fingerprint density at radius 1 is 1.08 bits per heavy atom. The molecule has 2 atom stereocenters. The van der Waals surface area contributed by atoms with Gasteiger partial charge < -0.3 is 10.0 Å². The molecule has 0 fully saturated rings. The van der Waals surface area contributed by atoms with Crippen LogP contribution in [0.4, 0.5) is 0 Å². The quantitative estimate of drug-likeness (QED) is 0.897. The molecule has 0 spiro atoms. The lowest BCUT2D eigenvalue weighted by Gasteiger charge is -2.34. The van der Waals surface area contributed by atoms with Crippen LogP contribution in [0, 0.1) is 0 Å². The van der Waals surface area contributed by atoms with Gasteiger partial charge in [0.05, 0.1) is 10.8 Å². The van der Waals surface area contributed by atoms with Gasteiger partial charge in [-0.1, -0.05) is 38.1 Å². The zero-order chi connectivity index (χ0) is 18.8. The van der Waals surface area contributed by atoms with Crippen LogP contribution in [0.1, 0.15) is 35.3 Å². The minimum atomic E-state index is -1.12. The summed E-state index contributed by atoms with van der Waals surface area (Å²) in [5.41, 5.74) is 2.34. The Kier molecular flexibility index (Phi) is 5.23. The van der Waals surface area contributed by atoms with Crippen molar-refractivity contribution in [1.82, 2.24) is 4.90 Å². The van der Waals surface area contributed by atoms with Crippen LogP contribution >= 0.6 is 0 Å². The molecule has 1 amide bonds. The Morgan fingerprint density at radius 3 is 2.27 bits per heavy atom. The number of benzene rings is 2. The highest BCUT2D eigenvalue weighted by atomic mass is 32.2. The van der Waals surface area contributed by atoms with Gasteiger partial charge >= 0.3 is 5.97 Å². The highest BCUT2D eigenvalue weighted by Crippen LogP contribution is 2.25. The molecular formula is C20H21NO4S. The highest BCUT2D eigenvalue weighted by Gasteiger charge is 2.34. The van der Waals surface area contributed by atoms with Gasteiger partial charge in [0, 0.05) is 28.7 Å². The number of carboxylic acids is 1. The summed E-state index contributed by atoms with van der Waals surface area (Å²) < 4.78 is 12.1. The van der Waals surface area contributed by atoms with Crippen molar-refractivity contribution in [2.24, 2.45) is 0 Å². The van der Waals surface area contributed by atoms with Gasteiger partial charge in [0.1, 0.15) is 6.04 Å². The minimum Gasteiger partial charge on any atom is -0.480 e. The summed E-state index contributed by atoms with van der Waals surface area (Å²) in [4.78, 5) is 26.7. The van der Waals surface area contributed by atoms with Crippen molar-refractivity contribution in [3.05, 3.63) is 65.2 Å². The second-order valence-corrected chi connectivity index (χ2v) is 8.64. The van der Waals surface area contributed by atoms with Crippen molar-refractivity contribution in [2.45, 2.75) is 43.0 Å². The smallest absolute Gasteiger partial charge is 0.326 e. The fourth-order valence-corrected chi connectivity index (χ4v) is 4.08. The summed E-state index contributed by atoms with van der Waals surface area (Å²) in [5.74, 6) is -1.33. The first kappa shape index (κ1) is 18.3. The lowest BCUT2D eigenvalue weighted by Crippen LogP contribution is -2.48. The predicted octanol–water partition coefficient (Wildman–Crippen LogP) is 2.85. The number of amides is 1. The molecule has 1 N–H and O–H groups in total. The largest absolute Gasteiger partial charge is 0.480 e. The Balaban J connectivity index is 1.88. The van der Waals surface area contributed by atoms with E-state index >= 15 is 0 Å². The molecule has 136 valence electrons. The van der Waals surface area contributed by atoms with Gasteiger partial charge in [-0.05, 0) is 35.4 Å². The van der Waals surface area contributed by atoms with Crippen LogP contribution in [0.25, 0.3) is 0 Å². The maximum atomic E-state index is 12.9. The van der Waals surface area contributed by atoms with Crippen LogP contribution < -0.4 is 0 Å². The van der Waals surface area contributed by atoms with Crippen molar-refractivity contribution in [3.63, 3.8) is 0 Å². The molecule has 1 aliphatic rings. The normalized spacial score (nSPS) is 17.7. The van der Waals surface area contributed by atoms with Crippen LogP contribution in [0.5, 0.6) is 0 Å². The molecule has 2 aromatic rings. The molecule has 3 rings (SSSR count). The van der Waals surface area contributed by atoms with Crippen molar-refractivity contribution in [2.75, 3.05) is 0 Å². The van der Waals surface area contributed by atoms with E-state index in [4.69, 9.17) is 0 Å². The second kappa shape index (κ2) is 7.41. The number of hydrogen-bond donors (Lipinski definition) is 1. The van der Waals surface area contributed by atoms with Crippen molar-refractivity contribution in [3.8, 4) is 0 Å². The van der Waals surface area contributed by atoms with Gasteiger partial charge in [0.2, 0.25) is 0 Å². The summed E-state index contributed by atoms with van der Waals surface area (Å²) in [7, 11) is -1.12. The van der Waals surface area contributed by atoms with E-state index in [1.165, 1.54) is 4.90 Å². The van der Waals surface area contributed by atoms with Crippen LogP contribution in [-0.4, -0.2) is 37.4 Å². The number of aliphatic carboxylic acids is 1. The average molecular weight is 371 g/mol. The van der Waals surface area contributed by atoms with Crippen molar-refractivity contribution < 1.29 is 18.9 Å². The van der Waals surface area contributed by atoms with Crippen LogP contribution in [0.15, 0.2) is 53.4 Å². The molecule has 1 aliphatic heterocycles. The number of carboxylic acid groups (broad SMARTS) is 1. The van der Waals surface area contributed by atoms with E-state index in [0.29, 0.717) is 16.9 Å². The number of hydrogen-bond acceptors (Lipinski definition) is 3. The van der Waals surface area contributed by atoms with E-state index in [0.717, 1.165) is 11.1 Å². The van der Waals surface area contributed by atoms with E-state index in [-0.39, 0.29) is 17.7 Å². The first-order valence-electron chi connectivity index (χ1n) is 8.49. The van der Waals surface area contributed by atoms with Gasteiger partial charge in [-0.2, -0.15) is 0 Å². The SMILES string of the molecule is CC(C)[S@@](=O)c1ccc(C(=O)N2Cc3ccccc3C[C@H]2C(=O)O)cc1. The van der Waals surface area contributed by atoms with Gasteiger partial charge in [-0.15, -0.1) is 0 Å². The molecule has 6 heteroatoms. The number of carbonyl (C=O) groups excluding carboxylic acids is 1. The van der Waals surface area contributed by atoms with Crippen molar-refractivity contribution in [1.29, 1.82) is 0 Å². The number of rotatable bonds is 4. The third-order valence-electron chi connectivity index (χ3n) is 4.56. The third-order valence-corrected chi connectivity index (χ3v) is 6.15. The molecule has 26 heavy (non-hydrogen) atoms. The lowest BCUT2D eigenvalue weighted by molar-refractivity contribution is -0.142. The number of carbonyl (C=O) groups is 2. The summed E-state index contributed by atoms with van der Waals surface area (Å²) >= 11 is 0. The Bertz CT molecular complexity index is 860. The maximum absolute atomic E-state index is 12.9. The molecule has 1 heterocycles. The summed E-state index contributed by atoms with van der Waals surface area (Å²) in [6.45, 7) is 4.02. The van der Waals surface area contributed by atoms with E-state index in [1.54, 1.807) is 24.3 Å². The zero-order valence-electron chi connectivity index (χ0n) is 14.7. The second-order valence-electron chi connectivity index (χ2n) is 6.63. The Hall–Kier alpha value is -2.47. The van der Waals surface area contributed by atoms with Gasteiger partial charge in [0.15, 0.2) is 0 Å². The van der Waals surface area contributed by atoms with Crippen LogP contribution in [-0.2, 0) is 28.6 Å². The minimum absolute atomic E-state index is 0.00783. The molecule has 5 nitrogen and oxygen atoms in total. The third kappa shape index (κ3) is 3.55. The number of nitrogens with zero attached hydrogens (tertiary/aromatic N) is 1. The fraction of sp³-hybridized carbons (Fsp3) is 0.300. The molecule has 0 saturated carbocycles. The Morgan fingerprint density at radius 2 is 1.69 bits per heavy atom. The average Bonchev–Trinajstić information content (AvgIpc) is 2.65. The van der Waals surface area contributed by atoms with E-state index in [9.17, 15) is 18.9 Å². The maximum Gasteiger partial charge on any atom is 0.326 e. The highest BCUT2D eigenvalue weighted by molar-refractivity contribution is 7.85. The molecule has 2 aromatic carbocycles. The molecule has 0 saturated heterocycles. The summed E-state index contributed by atoms with van der Waals surface area (Å²) in [6.07, 6.45) is 0.298. The lowest BCUT2D eigenvalue weighted by atomic mass is 9.93. The van der Waals surface area contributed by atoms with Crippen LogP contribution in [0.2, 0.25) is 0 Å². The predicted molar refractivity (Wildman–Crippen MR) is 99.4 cm³/mol. The topological polar surface area (TPSA) is 74.7 Å². The van der Waals surface area contributed by atoms with E-state index in [1.807, 2.05) is 38.1 Å². The zero-order valence-corrected chi connectivity index (χ0v) is 15.5. The van der Waals surface area contributed by atoms with Gasteiger partial charge in [0.25, 0.3) is 5.91 Å².